The molecular weight excluding hydrogens is 287 g/mol. The van der Waals surface area contributed by atoms with Crippen LogP contribution in [0, 0.1) is 5.82 Å². The molecule has 7 heteroatoms. The van der Waals surface area contributed by atoms with E-state index in [1.165, 1.54) is 6.07 Å². The molecule has 0 radical (unpaired) electrons. The molecule has 1 amide bonds. The van der Waals surface area contributed by atoms with Gasteiger partial charge in [0.2, 0.25) is 5.91 Å². The second kappa shape index (κ2) is 6.19. The Kier molecular flexibility index (Phi) is 4.57. The molecule has 1 aliphatic heterocycles. The van der Waals surface area contributed by atoms with Crippen LogP contribution in [0.15, 0.2) is 12.1 Å². The number of carboxylic acids is 1. The highest BCUT2D eigenvalue weighted by molar-refractivity contribution is 6.31. The Morgan fingerprint density at radius 2 is 2.25 bits per heavy atom. The Labute approximate surface area is 120 Å². The third-order valence-electron chi connectivity index (χ3n) is 3.18. The highest BCUT2D eigenvalue weighted by Crippen LogP contribution is 2.21. The van der Waals surface area contributed by atoms with E-state index in [0.717, 1.165) is 25.5 Å². The molecule has 0 aliphatic carbocycles. The molecule has 0 aromatic heterocycles. The van der Waals surface area contributed by atoms with Crippen LogP contribution in [0.25, 0.3) is 0 Å². The standard InChI is InChI=1S/C13H14ClFN2O3/c14-9-5-7(13(19)20)4-8(11(9)15)6-17-12(18)10-2-1-3-16-10/h4-5,10,16H,1-3,6H2,(H,17,18)(H,19,20). The molecule has 1 fully saturated rings. The molecule has 0 saturated carbocycles. The maximum absolute atomic E-state index is 13.8. The average Bonchev–Trinajstić information content (AvgIpc) is 2.93. The molecule has 3 N–H and O–H groups in total. The second-order valence-corrected chi connectivity index (χ2v) is 5.01. The summed E-state index contributed by atoms with van der Waals surface area (Å²) in [6, 6.07) is 1.95. The highest BCUT2D eigenvalue weighted by Gasteiger charge is 2.22. The first-order valence-electron chi connectivity index (χ1n) is 6.21. The lowest BCUT2D eigenvalue weighted by atomic mass is 10.1. The summed E-state index contributed by atoms with van der Waals surface area (Å²) in [6.45, 7) is 0.691. The fraction of sp³-hybridized carbons (Fsp3) is 0.385. The minimum absolute atomic E-state index is 0.0567. The fourth-order valence-electron chi connectivity index (χ4n) is 2.11. The van der Waals surface area contributed by atoms with Crippen LogP contribution in [0.1, 0.15) is 28.8 Å². The molecule has 0 bridgehead atoms. The summed E-state index contributed by atoms with van der Waals surface area (Å²) in [5.74, 6) is -2.13. The molecule has 20 heavy (non-hydrogen) atoms. The monoisotopic (exact) mass is 300 g/mol. The fourth-order valence-corrected chi connectivity index (χ4v) is 2.35. The number of carbonyl (C=O) groups is 2. The molecule has 1 saturated heterocycles. The summed E-state index contributed by atoms with van der Waals surface area (Å²) >= 11 is 5.64. The van der Waals surface area contributed by atoms with Gasteiger partial charge in [0.1, 0.15) is 5.82 Å². The summed E-state index contributed by atoms with van der Waals surface area (Å²) in [5, 5.41) is 14.2. The van der Waals surface area contributed by atoms with E-state index in [1.807, 2.05) is 0 Å². The van der Waals surface area contributed by atoms with Crippen molar-refractivity contribution in [1.82, 2.24) is 10.6 Å². The number of hydrogen-bond donors (Lipinski definition) is 3. The lowest BCUT2D eigenvalue weighted by Gasteiger charge is -2.12. The summed E-state index contributed by atoms with van der Waals surface area (Å²) in [7, 11) is 0. The normalized spacial score (nSPS) is 18.0. The van der Waals surface area contributed by atoms with E-state index < -0.39 is 11.8 Å². The third kappa shape index (κ3) is 3.26. The van der Waals surface area contributed by atoms with Crippen molar-refractivity contribution in [2.75, 3.05) is 6.54 Å². The Hall–Kier alpha value is -1.66. The SMILES string of the molecule is O=C(O)c1cc(Cl)c(F)c(CNC(=O)C2CCCN2)c1. The summed E-state index contributed by atoms with van der Waals surface area (Å²) in [4.78, 5) is 22.7. The van der Waals surface area contributed by atoms with Gasteiger partial charge in [-0.25, -0.2) is 9.18 Å². The molecule has 5 nitrogen and oxygen atoms in total. The maximum atomic E-state index is 13.8. The van der Waals surface area contributed by atoms with Gasteiger partial charge in [-0.05, 0) is 31.5 Å². The van der Waals surface area contributed by atoms with Gasteiger partial charge in [-0.2, -0.15) is 0 Å². The van der Waals surface area contributed by atoms with Crippen molar-refractivity contribution < 1.29 is 19.1 Å². The van der Waals surface area contributed by atoms with Gasteiger partial charge in [-0.15, -0.1) is 0 Å². The number of benzene rings is 1. The van der Waals surface area contributed by atoms with Gasteiger partial charge in [0.25, 0.3) is 0 Å². The number of halogens is 2. The molecule has 1 unspecified atom stereocenters. The minimum atomic E-state index is -1.20. The number of carbonyl (C=O) groups excluding carboxylic acids is 1. The predicted molar refractivity (Wildman–Crippen MR) is 71.2 cm³/mol. The molecular formula is C13H14ClFN2O3. The van der Waals surface area contributed by atoms with Gasteiger partial charge in [0.05, 0.1) is 16.6 Å². The van der Waals surface area contributed by atoms with Crippen LogP contribution in [0.2, 0.25) is 5.02 Å². The Morgan fingerprint density at radius 3 is 2.85 bits per heavy atom. The minimum Gasteiger partial charge on any atom is -0.478 e. The molecule has 1 aromatic rings. The van der Waals surface area contributed by atoms with Crippen molar-refractivity contribution in [3.8, 4) is 0 Å². The zero-order valence-electron chi connectivity index (χ0n) is 10.6. The summed E-state index contributed by atoms with van der Waals surface area (Å²) in [6.07, 6.45) is 1.66. The van der Waals surface area contributed by atoms with Crippen LogP contribution in [-0.2, 0) is 11.3 Å². The van der Waals surface area contributed by atoms with E-state index >= 15 is 0 Å². The predicted octanol–water partition coefficient (Wildman–Crippen LogP) is 1.55. The zero-order chi connectivity index (χ0) is 14.7. The molecule has 1 heterocycles. The smallest absolute Gasteiger partial charge is 0.335 e. The number of rotatable bonds is 4. The first kappa shape index (κ1) is 14.7. The molecule has 1 atom stereocenters. The van der Waals surface area contributed by atoms with Crippen molar-refractivity contribution in [3.05, 3.63) is 34.1 Å². The van der Waals surface area contributed by atoms with Crippen LogP contribution in [0.3, 0.4) is 0 Å². The summed E-state index contributed by atoms with van der Waals surface area (Å²) < 4.78 is 13.8. The molecule has 0 spiro atoms. The van der Waals surface area contributed by atoms with Crippen molar-refractivity contribution in [2.45, 2.75) is 25.4 Å². The van der Waals surface area contributed by atoms with E-state index in [4.69, 9.17) is 16.7 Å². The average molecular weight is 301 g/mol. The first-order chi connectivity index (χ1) is 9.49. The maximum Gasteiger partial charge on any atom is 0.335 e. The zero-order valence-corrected chi connectivity index (χ0v) is 11.3. The Bertz CT molecular complexity index is 545. The van der Waals surface area contributed by atoms with Gasteiger partial charge < -0.3 is 15.7 Å². The topological polar surface area (TPSA) is 78.4 Å². The van der Waals surface area contributed by atoms with Crippen LogP contribution in [0.4, 0.5) is 4.39 Å². The van der Waals surface area contributed by atoms with E-state index in [-0.39, 0.29) is 34.6 Å². The quantitative estimate of drug-likeness (QED) is 0.788. The number of nitrogens with one attached hydrogen (secondary N) is 2. The highest BCUT2D eigenvalue weighted by atomic mass is 35.5. The van der Waals surface area contributed by atoms with Gasteiger partial charge in [0.15, 0.2) is 0 Å². The lowest BCUT2D eigenvalue weighted by molar-refractivity contribution is -0.122. The number of hydrogen-bond acceptors (Lipinski definition) is 3. The largest absolute Gasteiger partial charge is 0.478 e. The van der Waals surface area contributed by atoms with Gasteiger partial charge >= 0.3 is 5.97 Å². The van der Waals surface area contributed by atoms with Crippen molar-refractivity contribution >= 4 is 23.5 Å². The van der Waals surface area contributed by atoms with Crippen molar-refractivity contribution in [1.29, 1.82) is 0 Å². The van der Waals surface area contributed by atoms with Crippen LogP contribution < -0.4 is 10.6 Å². The van der Waals surface area contributed by atoms with E-state index in [1.54, 1.807) is 0 Å². The van der Waals surface area contributed by atoms with Gasteiger partial charge in [-0.3, -0.25) is 4.79 Å². The van der Waals surface area contributed by atoms with Crippen LogP contribution in [0.5, 0.6) is 0 Å². The van der Waals surface area contributed by atoms with Crippen LogP contribution >= 0.6 is 11.6 Å². The van der Waals surface area contributed by atoms with E-state index in [0.29, 0.717) is 0 Å². The number of aromatic carboxylic acids is 1. The van der Waals surface area contributed by atoms with E-state index in [9.17, 15) is 14.0 Å². The third-order valence-corrected chi connectivity index (χ3v) is 3.46. The first-order valence-corrected chi connectivity index (χ1v) is 6.59. The van der Waals surface area contributed by atoms with Crippen molar-refractivity contribution in [2.24, 2.45) is 0 Å². The van der Waals surface area contributed by atoms with Gasteiger partial charge in [0, 0.05) is 12.1 Å². The summed E-state index contributed by atoms with van der Waals surface area (Å²) in [5.41, 5.74) is -0.0547. The van der Waals surface area contributed by atoms with Gasteiger partial charge in [-0.1, -0.05) is 11.6 Å². The number of carboxylic acid groups (broad SMARTS) is 1. The molecule has 1 aromatic carbocycles. The number of amides is 1. The second-order valence-electron chi connectivity index (χ2n) is 4.60. The molecule has 1 aliphatic rings. The van der Waals surface area contributed by atoms with Crippen molar-refractivity contribution in [3.63, 3.8) is 0 Å². The van der Waals surface area contributed by atoms with E-state index in [2.05, 4.69) is 10.6 Å². The molecule has 2 rings (SSSR count). The lowest BCUT2D eigenvalue weighted by Crippen LogP contribution is -2.40. The Balaban J connectivity index is 2.08. The Morgan fingerprint density at radius 1 is 1.50 bits per heavy atom. The molecule has 108 valence electrons. The van der Waals surface area contributed by atoms with Crippen LogP contribution in [-0.4, -0.2) is 29.6 Å².